The lowest BCUT2D eigenvalue weighted by molar-refractivity contribution is -0.129. The summed E-state index contributed by atoms with van der Waals surface area (Å²) in [5, 5.41) is 10.5. The van der Waals surface area contributed by atoms with E-state index in [0.29, 0.717) is 24.4 Å². The van der Waals surface area contributed by atoms with Crippen molar-refractivity contribution in [3.8, 4) is 0 Å². The Kier molecular flexibility index (Phi) is 8.01. The third kappa shape index (κ3) is 5.63. The fraction of sp³-hybridized carbons (Fsp3) is 0.714. The minimum Gasteiger partial charge on any atom is -0.363 e. The van der Waals surface area contributed by atoms with E-state index in [1.807, 2.05) is 11.3 Å². The van der Waals surface area contributed by atoms with E-state index >= 15 is 0 Å². The van der Waals surface area contributed by atoms with Crippen LogP contribution in [0.4, 0.5) is 5.00 Å². The SMILES string of the molecule is CCNC(=NCCC(CC)N1CCCC1=O)NC1CCN(c2cccs2)CC1. The van der Waals surface area contributed by atoms with Gasteiger partial charge in [-0.3, -0.25) is 9.79 Å². The number of piperidine rings is 1. The number of carbonyl (C=O) groups excluding carboxylic acids is 1. The van der Waals surface area contributed by atoms with Crippen molar-refractivity contribution in [2.24, 2.45) is 4.99 Å². The van der Waals surface area contributed by atoms with Crippen LogP contribution in [0.2, 0.25) is 0 Å². The molecule has 2 aliphatic rings. The standard InChI is InChI=1S/C21H35N5OS/c1-3-18(26-13-5-7-19(26)27)9-12-23-21(22-4-2)24-17-10-14-25(15-11-17)20-8-6-16-28-20/h6,8,16-18H,3-5,7,9-15H2,1-2H3,(H2,22,23,24). The summed E-state index contributed by atoms with van der Waals surface area (Å²) < 4.78 is 0. The Bertz CT molecular complexity index is 625. The molecule has 2 saturated heterocycles. The number of guanidine groups is 1. The van der Waals surface area contributed by atoms with Crippen LogP contribution in [0.25, 0.3) is 0 Å². The van der Waals surface area contributed by atoms with Gasteiger partial charge in [0.15, 0.2) is 5.96 Å². The van der Waals surface area contributed by atoms with Gasteiger partial charge in [-0.1, -0.05) is 6.92 Å². The molecule has 6 nitrogen and oxygen atoms in total. The van der Waals surface area contributed by atoms with Crippen LogP contribution in [0, 0.1) is 0 Å². The van der Waals surface area contributed by atoms with Crippen molar-refractivity contribution in [1.82, 2.24) is 15.5 Å². The van der Waals surface area contributed by atoms with Crippen LogP contribution in [0.1, 0.15) is 52.4 Å². The van der Waals surface area contributed by atoms with E-state index in [0.717, 1.165) is 70.8 Å². The molecule has 1 aromatic heterocycles. The molecule has 0 bridgehead atoms. The molecular weight excluding hydrogens is 370 g/mol. The Hall–Kier alpha value is -1.76. The second kappa shape index (κ2) is 10.7. The third-order valence-electron chi connectivity index (χ3n) is 5.75. The zero-order chi connectivity index (χ0) is 19.8. The van der Waals surface area contributed by atoms with Gasteiger partial charge >= 0.3 is 0 Å². The van der Waals surface area contributed by atoms with E-state index in [4.69, 9.17) is 4.99 Å². The number of nitrogens with zero attached hydrogens (tertiary/aromatic N) is 3. The number of nitrogens with one attached hydrogen (secondary N) is 2. The number of hydrogen-bond donors (Lipinski definition) is 2. The Morgan fingerprint density at radius 2 is 2.14 bits per heavy atom. The van der Waals surface area contributed by atoms with Gasteiger partial charge in [-0.15, -0.1) is 11.3 Å². The number of hydrogen-bond acceptors (Lipinski definition) is 4. The highest BCUT2D eigenvalue weighted by Crippen LogP contribution is 2.24. The maximum atomic E-state index is 12.0. The van der Waals surface area contributed by atoms with E-state index in [9.17, 15) is 4.79 Å². The van der Waals surface area contributed by atoms with Crippen molar-refractivity contribution in [3.63, 3.8) is 0 Å². The van der Waals surface area contributed by atoms with Gasteiger partial charge in [-0.25, -0.2) is 0 Å². The lowest BCUT2D eigenvalue weighted by Crippen LogP contribution is -2.48. The first-order valence-electron chi connectivity index (χ1n) is 10.8. The second-order valence-electron chi connectivity index (χ2n) is 7.66. The van der Waals surface area contributed by atoms with Crippen LogP contribution in [-0.2, 0) is 4.79 Å². The maximum absolute atomic E-state index is 12.0. The van der Waals surface area contributed by atoms with E-state index in [1.165, 1.54) is 5.00 Å². The summed E-state index contributed by atoms with van der Waals surface area (Å²) in [6.07, 6.45) is 5.92. The largest absolute Gasteiger partial charge is 0.363 e. The Morgan fingerprint density at radius 3 is 2.75 bits per heavy atom. The smallest absolute Gasteiger partial charge is 0.222 e. The summed E-state index contributed by atoms with van der Waals surface area (Å²) in [6, 6.07) is 5.13. The van der Waals surface area contributed by atoms with E-state index in [-0.39, 0.29) is 0 Å². The second-order valence-corrected chi connectivity index (χ2v) is 8.59. The molecule has 2 N–H and O–H groups in total. The summed E-state index contributed by atoms with van der Waals surface area (Å²) in [5.74, 6) is 1.23. The molecule has 0 radical (unpaired) electrons. The van der Waals surface area contributed by atoms with Gasteiger partial charge in [0.1, 0.15) is 0 Å². The Labute approximate surface area is 173 Å². The van der Waals surface area contributed by atoms with Crippen molar-refractivity contribution in [3.05, 3.63) is 17.5 Å². The molecule has 0 saturated carbocycles. The first kappa shape index (κ1) is 21.0. The number of aliphatic imine (C=N–C) groups is 1. The van der Waals surface area contributed by atoms with Crippen molar-refractivity contribution in [1.29, 1.82) is 0 Å². The number of thiophene rings is 1. The molecule has 3 heterocycles. The molecular formula is C21H35N5OS. The molecule has 1 unspecified atom stereocenters. The van der Waals surface area contributed by atoms with E-state index in [1.54, 1.807) is 0 Å². The summed E-state index contributed by atoms with van der Waals surface area (Å²) in [6.45, 7) is 8.99. The van der Waals surface area contributed by atoms with Gasteiger partial charge in [0.05, 0.1) is 5.00 Å². The minimum absolute atomic E-state index is 0.318. The topological polar surface area (TPSA) is 60.0 Å². The molecule has 1 amide bonds. The molecule has 1 atom stereocenters. The van der Waals surface area contributed by atoms with Gasteiger partial charge in [0.25, 0.3) is 0 Å². The fourth-order valence-electron chi connectivity index (χ4n) is 4.17. The molecule has 0 aromatic carbocycles. The number of amides is 1. The van der Waals surface area contributed by atoms with Crippen LogP contribution in [0.3, 0.4) is 0 Å². The van der Waals surface area contributed by atoms with E-state index < -0.39 is 0 Å². The first-order valence-corrected chi connectivity index (χ1v) is 11.7. The van der Waals surface area contributed by atoms with Crippen LogP contribution in [0.15, 0.2) is 22.5 Å². The van der Waals surface area contributed by atoms with Crippen molar-refractivity contribution >= 4 is 28.2 Å². The molecule has 156 valence electrons. The predicted octanol–water partition coefficient (Wildman–Crippen LogP) is 3.06. The van der Waals surface area contributed by atoms with Crippen molar-refractivity contribution in [2.45, 2.75) is 64.5 Å². The maximum Gasteiger partial charge on any atom is 0.222 e. The molecule has 28 heavy (non-hydrogen) atoms. The lowest BCUT2D eigenvalue weighted by Gasteiger charge is -2.33. The van der Waals surface area contributed by atoms with Gasteiger partial charge in [-0.2, -0.15) is 0 Å². The van der Waals surface area contributed by atoms with Crippen LogP contribution in [-0.4, -0.2) is 61.6 Å². The quantitative estimate of drug-likeness (QED) is 0.515. The third-order valence-corrected chi connectivity index (χ3v) is 6.68. The monoisotopic (exact) mass is 405 g/mol. The Morgan fingerprint density at radius 1 is 1.32 bits per heavy atom. The average Bonchev–Trinajstić information content (AvgIpc) is 3.38. The highest BCUT2D eigenvalue weighted by molar-refractivity contribution is 7.14. The summed E-state index contributed by atoms with van der Waals surface area (Å²) in [5.41, 5.74) is 0. The lowest BCUT2D eigenvalue weighted by atomic mass is 10.1. The van der Waals surface area contributed by atoms with Crippen LogP contribution in [0.5, 0.6) is 0 Å². The first-order chi connectivity index (χ1) is 13.7. The molecule has 7 heteroatoms. The van der Waals surface area contributed by atoms with Crippen molar-refractivity contribution in [2.75, 3.05) is 37.6 Å². The number of likely N-dealkylation sites (tertiary alicyclic amines) is 1. The summed E-state index contributed by atoms with van der Waals surface area (Å²) in [4.78, 5) is 21.4. The van der Waals surface area contributed by atoms with Gasteiger partial charge in [0, 0.05) is 51.2 Å². The average molecular weight is 406 g/mol. The highest BCUT2D eigenvalue weighted by atomic mass is 32.1. The van der Waals surface area contributed by atoms with Gasteiger partial charge in [0.2, 0.25) is 5.91 Å². The highest BCUT2D eigenvalue weighted by Gasteiger charge is 2.26. The van der Waals surface area contributed by atoms with Crippen LogP contribution < -0.4 is 15.5 Å². The fourth-order valence-corrected chi connectivity index (χ4v) is 4.95. The molecule has 0 spiro atoms. The number of anilines is 1. The van der Waals surface area contributed by atoms with Crippen LogP contribution >= 0.6 is 11.3 Å². The molecule has 3 rings (SSSR count). The molecule has 2 fully saturated rings. The number of carbonyl (C=O) groups is 1. The zero-order valence-corrected chi connectivity index (χ0v) is 18.1. The molecule has 0 aliphatic carbocycles. The normalized spacial score (nSPS) is 19.9. The minimum atomic E-state index is 0.318. The predicted molar refractivity (Wildman–Crippen MR) is 118 cm³/mol. The summed E-state index contributed by atoms with van der Waals surface area (Å²) >= 11 is 1.82. The number of rotatable bonds is 8. The van der Waals surface area contributed by atoms with Gasteiger partial charge in [-0.05, 0) is 56.5 Å². The van der Waals surface area contributed by atoms with Crippen molar-refractivity contribution < 1.29 is 4.79 Å². The van der Waals surface area contributed by atoms with E-state index in [2.05, 4.69) is 51.8 Å². The molecule has 2 aliphatic heterocycles. The zero-order valence-electron chi connectivity index (χ0n) is 17.3. The summed E-state index contributed by atoms with van der Waals surface area (Å²) in [7, 11) is 0. The molecule has 1 aromatic rings. The Balaban J connectivity index is 1.46. The van der Waals surface area contributed by atoms with Gasteiger partial charge < -0.3 is 20.4 Å².